The maximum Gasteiger partial charge on any atom is 0.0949 e. The van der Waals surface area contributed by atoms with Crippen molar-refractivity contribution in [3.8, 4) is 0 Å². The Balaban J connectivity index is 1.73. The second kappa shape index (κ2) is 5.87. The minimum Gasteiger partial charge on any atom is -0.372 e. The third-order valence-electron chi connectivity index (χ3n) is 4.95. The summed E-state index contributed by atoms with van der Waals surface area (Å²) in [6.07, 6.45) is 7.04. The minimum absolute atomic E-state index is 0.218. The van der Waals surface area contributed by atoms with Crippen LogP contribution in [0.15, 0.2) is 18.2 Å². The maximum atomic E-state index is 6.33. The lowest BCUT2D eigenvalue weighted by Gasteiger charge is -2.35. The van der Waals surface area contributed by atoms with E-state index in [1.54, 1.807) is 0 Å². The molecule has 2 heteroatoms. The van der Waals surface area contributed by atoms with Gasteiger partial charge in [-0.15, -0.1) is 0 Å². The highest BCUT2D eigenvalue weighted by molar-refractivity contribution is 5.30. The van der Waals surface area contributed by atoms with Gasteiger partial charge in [-0.25, -0.2) is 0 Å². The predicted molar refractivity (Wildman–Crippen MR) is 83.0 cm³/mol. The molecule has 1 saturated carbocycles. The van der Waals surface area contributed by atoms with E-state index in [0.29, 0.717) is 5.41 Å². The van der Waals surface area contributed by atoms with Crippen LogP contribution in [0.1, 0.15) is 54.9 Å². The van der Waals surface area contributed by atoms with Crippen LogP contribution in [0.5, 0.6) is 0 Å². The quantitative estimate of drug-likeness (QED) is 0.837. The fraction of sp³-hybridized carbons (Fsp3) is 0.667. The topological polar surface area (TPSA) is 21.3 Å². The molecule has 1 atom stereocenters. The van der Waals surface area contributed by atoms with Crippen LogP contribution in [-0.4, -0.2) is 19.7 Å². The number of aryl methyl sites for hydroxylation is 2. The van der Waals surface area contributed by atoms with Crippen molar-refractivity contribution in [1.82, 2.24) is 5.32 Å². The highest BCUT2D eigenvalue weighted by Crippen LogP contribution is 2.38. The smallest absolute Gasteiger partial charge is 0.0949 e. The van der Waals surface area contributed by atoms with Crippen LogP contribution >= 0.6 is 0 Å². The normalized spacial score (nSPS) is 26.4. The molecule has 0 aromatic heterocycles. The SMILES string of the molecule is Cc1cc(C)cc(C2CNCC3(CCCCC3)CO2)c1. The van der Waals surface area contributed by atoms with Crippen LogP contribution < -0.4 is 5.32 Å². The average molecular weight is 273 g/mol. The summed E-state index contributed by atoms with van der Waals surface area (Å²) < 4.78 is 6.33. The third kappa shape index (κ3) is 3.07. The monoisotopic (exact) mass is 273 g/mol. The minimum atomic E-state index is 0.218. The second-order valence-corrected chi connectivity index (χ2v) is 6.91. The molecule has 1 spiro atoms. The lowest BCUT2D eigenvalue weighted by atomic mass is 9.74. The number of nitrogens with one attached hydrogen (secondary N) is 1. The summed E-state index contributed by atoms with van der Waals surface area (Å²) in [4.78, 5) is 0. The molecule has 2 nitrogen and oxygen atoms in total. The molecule has 1 N–H and O–H groups in total. The Bertz CT molecular complexity index is 442. The maximum absolute atomic E-state index is 6.33. The fourth-order valence-corrected chi connectivity index (χ4v) is 3.89. The first kappa shape index (κ1) is 14.1. The van der Waals surface area contributed by atoms with Gasteiger partial charge in [-0.2, -0.15) is 0 Å². The molecule has 110 valence electrons. The molecular formula is C18H27NO. The van der Waals surface area contributed by atoms with Crippen LogP contribution in [0.3, 0.4) is 0 Å². The van der Waals surface area contributed by atoms with Gasteiger partial charge in [0.25, 0.3) is 0 Å². The summed E-state index contributed by atoms with van der Waals surface area (Å²) in [5, 5.41) is 3.67. The van der Waals surface area contributed by atoms with E-state index in [-0.39, 0.29) is 6.10 Å². The molecule has 0 amide bonds. The first-order valence-electron chi connectivity index (χ1n) is 8.07. The first-order chi connectivity index (χ1) is 9.67. The molecule has 1 aliphatic heterocycles. The Morgan fingerprint density at radius 3 is 2.45 bits per heavy atom. The molecule has 2 fully saturated rings. The number of hydrogen-bond donors (Lipinski definition) is 1. The van der Waals surface area contributed by atoms with Gasteiger partial charge in [0.2, 0.25) is 0 Å². The van der Waals surface area contributed by atoms with Crippen LogP contribution in [0.25, 0.3) is 0 Å². The highest BCUT2D eigenvalue weighted by Gasteiger charge is 2.35. The van der Waals surface area contributed by atoms with Crippen LogP contribution in [0.2, 0.25) is 0 Å². The van der Waals surface area contributed by atoms with E-state index in [1.807, 2.05) is 0 Å². The summed E-state index contributed by atoms with van der Waals surface area (Å²) in [5.41, 5.74) is 4.41. The van der Waals surface area contributed by atoms with Crippen molar-refractivity contribution in [1.29, 1.82) is 0 Å². The van der Waals surface area contributed by atoms with Gasteiger partial charge < -0.3 is 10.1 Å². The van der Waals surface area contributed by atoms with Crippen LogP contribution in [0, 0.1) is 19.3 Å². The van der Waals surface area contributed by atoms with Crippen molar-refractivity contribution in [2.75, 3.05) is 19.7 Å². The van der Waals surface area contributed by atoms with Crippen molar-refractivity contribution in [2.45, 2.75) is 52.1 Å². The summed E-state index contributed by atoms with van der Waals surface area (Å²) >= 11 is 0. The Kier molecular flexibility index (Phi) is 4.13. The fourth-order valence-electron chi connectivity index (χ4n) is 3.89. The number of rotatable bonds is 1. The lowest BCUT2D eigenvalue weighted by Crippen LogP contribution is -2.37. The van der Waals surface area contributed by atoms with E-state index in [4.69, 9.17) is 4.74 Å². The van der Waals surface area contributed by atoms with E-state index >= 15 is 0 Å². The number of benzene rings is 1. The Morgan fingerprint density at radius 2 is 1.75 bits per heavy atom. The van der Waals surface area contributed by atoms with Crippen LogP contribution in [-0.2, 0) is 4.74 Å². The lowest BCUT2D eigenvalue weighted by molar-refractivity contribution is -0.00144. The van der Waals surface area contributed by atoms with Gasteiger partial charge in [0.05, 0.1) is 12.7 Å². The van der Waals surface area contributed by atoms with Crippen molar-refractivity contribution < 1.29 is 4.74 Å². The number of ether oxygens (including phenoxy) is 1. The summed E-state index contributed by atoms with van der Waals surface area (Å²) in [7, 11) is 0. The van der Waals surface area contributed by atoms with Gasteiger partial charge in [-0.1, -0.05) is 48.6 Å². The van der Waals surface area contributed by atoms with Crippen LogP contribution in [0.4, 0.5) is 0 Å². The molecular weight excluding hydrogens is 246 g/mol. The van der Waals surface area contributed by atoms with Gasteiger partial charge in [0, 0.05) is 18.5 Å². The molecule has 1 aromatic carbocycles. The van der Waals surface area contributed by atoms with Gasteiger partial charge in [-0.3, -0.25) is 0 Å². The average Bonchev–Trinajstić information content (AvgIpc) is 2.62. The molecule has 2 aliphatic rings. The van der Waals surface area contributed by atoms with Gasteiger partial charge in [0.15, 0.2) is 0 Å². The Labute approximate surface area is 122 Å². The highest BCUT2D eigenvalue weighted by atomic mass is 16.5. The molecule has 1 saturated heterocycles. The van der Waals surface area contributed by atoms with Gasteiger partial charge in [-0.05, 0) is 32.3 Å². The molecule has 20 heavy (non-hydrogen) atoms. The van der Waals surface area contributed by atoms with Crippen molar-refractivity contribution in [3.05, 3.63) is 34.9 Å². The molecule has 0 radical (unpaired) electrons. The van der Waals surface area contributed by atoms with Gasteiger partial charge >= 0.3 is 0 Å². The molecule has 1 aliphatic carbocycles. The number of hydrogen-bond acceptors (Lipinski definition) is 2. The molecule has 0 bridgehead atoms. The van der Waals surface area contributed by atoms with Crippen molar-refractivity contribution in [2.24, 2.45) is 5.41 Å². The zero-order valence-electron chi connectivity index (χ0n) is 12.9. The van der Waals surface area contributed by atoms with Crippen molar-refractivity contribution >= 4 is 0 Å². The van der Waals surface area contributed by atoms with E-state index in [1.165, 1.54) is 48.8 Å². The molecule has 1 heterocycles. The standard InChI is InChI=1S/C18H27NO/c1-14-8-15(2)10-16(9-14)17-11-19-12-18(13-20-17)6-4-3-5-7-18/h8-10,17,19H,3-7,11-13H2,1-2H3. The summed E-state index contributed by atoms with van der Waals surface area (Å²) in [6.45, 7) is 7.35. The van der Waals surface area contributed by atoms with E-state index in [2.05, 4.69) is 37.4 Å². The van der Waals surface area contributed by atoms with Crippen molar-refractivity contribution in [3.63, 3.8) is 0 Å². The zero-order valence-corrected chi connectivity index (χ0v) is 12.9. The van der Waals surface area contributed by atoms with E-state index in [9.17, 15) is 0 Å². The van der Waals surface area contributed by atoms with E-state index < -0.39 is 0 Å². The molecule has 1 unspecified atom stereocenters. The predicted octanol–water partition coefficient (Wildman–Crippen LogP) is 3.91. The molecule has 1 aromatic rings. The largest absolute Gasteiger partial charge is 0.372 e. The Hall–Kier alpha value is -0.860. The zero-order chi connectivity index (χ0) is 14.0. The second-order valence-electron chi connectivity index (χ2n) is 6.91. The summed E-state index contributed by atoms with van der Waals surface area (Å²) in [6, 6.07) is 6.78. The Morgan fingerprint density at radius 1 is 1.05 bits per heavy atom. The molecule has 3 rings (SSSR count). The summed E-state index contributed by atoms with van der Waals surface area (Å²) in [5.74, 6) is 0. The first-order valence-corrected chi connectivity index (χ1v) is 8.07. The third-order valence-corrected chi connectivity index (χ3v) is 4.95. The van der Waals surface area contributed by atoms with Gasteiger partial charge in [0.1, 0.15) is 0 Å². The van der Waals surface area contributed by atoms with E-state index in [0.717, 1.165) is 19.7 Å².